The Balaban J connectivity index is 0.000000240. The summed E-state index contributed by atoms with van der Waals surface area (Å²) in [6.45, 7) is 6.70. The zero-order valence-electron chi connectivity index (χ0n) is 13.2. The summed E-state index contributed by atoms with van der Waals surface area (Å²) in [5, 5.41) is 19.0. The molecular formula is C16H14Br4O4. The number of Topliss-reactive ketones (excluding diaryl/α,β-unsaturated/α-hetero) is 2. The molecule has 0 bridgehead atoms. The zero-order valence-corrected chi connectivity index (χ0v) is 19.6. The Labute approximate surface area is 173 Å². The Morgan fingerprint density at radius 3 is 1.12 bits per heavy atom. The fraction of sp³-hybridized carbons (Fsp3) is 0.250. The lowest BCUT2D eigenvalue weighted by Crippen LogP contribution is -2.16. The van der Waals surface area contributed by atoms with Crippen LogP contribution in [0.2, 0.25) is 0 Å². The fourth-order valence-corrected chi connectivity index (χ4v) is 3.69. The van der Waals surface area contributed by atoms with Crippen molar-refractivity contribution in [1.82, 2.24) is 0 Å². The predicted octanol–water partition coefficient (Wildman–Crippen LogP) is 5.72. The summed E-state index contributed by atoms with van der Waals surface area (Å²) in [6.07, 6.45) is 0. The molecule has 1 aliphatic rings. The van der Waals surface area contributed by atoms with E-state index >= 15 is 0 Å². The van der Waals surface area contributed by atoms with Gasteiger partial charge in [0, 0.05) is 22.3 Å². The molecule has 0 atom stereocenters. The van der Waals surface area contributed by atoms with Gasteiger partial charge >= 0.3 is 0 Å². The van der Waals surface area contributed by atoms with E-state index in [0.717, 1.165) is 0 Å². The van der Waals surface area contributed by atoms with Crippen LogP contribution in [0, 0.1) is 13.8 Å². The quantitative estimate of drug-likeness (QED) is 0.300. The van der Waals surface area contributed by atoms with Gasteiger partial charge in [-0.1, -0.05) is 0 Å². The number of hydrogen-bond acceptors (Lipinski definition) is 4. The van der Waals surface area contributed by atoms with E-state index in [2.05, 4.69) is 63.7 Å². The van der Waals surface area contributed by atoms with Gasteiger partial charge in [-0.15, -0.1) is 0 Å². The number of ketones is 2. The molecular weight excluding hydrogens is 576 g/mol. The first-order chi connectivity index (χ1) is 10.9. The Morgan fingerprint density at radius 1 is 0.625 bits per heavy atom. The molecule has 1 aliphatic carbocycles. The smallest absolute Gasteiger partial charge is 0.197 e. The molecule has 1 aromatic carbocycles. The van der Waals surface area contributed by atoms with Gasteiger partial charge in [0.1, 0.15) is 11.5 Å². The fourth-order valence-electron chi connectivity index (χ4n) is 1.76. The van der Waals surface area contributed by atoms with Crippen LogP contribution in [-0.2, 0) is 9.59 Å². The summed E-state index contributed by atoms with van der Waals surface area (Å²) in [5.74, 6) is 0.0762. The summed E-state index contributed by atoms with van der Waals surface area (Å²) in [7, 11) is 0. The van der Waals surface area contributed by atoms with E-state index in [9.17, 15) is 19.8 Å². The van der Waals surface area contributed by atoms with Gasteiger partial charge in [-0.2, -0.15) is 0 Å². The molecule has 130 valence electrons. The van der Waals surface area contributed by atoms with Gasteiger partial charge in [-0.05, 0) is 91.4 Å². The maximum Gasteiger partial charge on any atom is 0.197 e. The van der Waals surface area contributed by atoms with Crippen LogP contribution in [0.4, 0.5) is 0 Å². The minimum absolute atomic E-state index is 0.126. The molecule has 0 aromatic heterocycles. The lowest BCUT2D eigenvalue weighted by Gasteiger charge is -2.12. The predicted molar refractivity (Wildman–Crippen MR) is 108 cm³/mol. The molecule has 0 fully saturated rings. The van der Waals surface area contributed by atoms with Gasteiger partial charge in [-0.3, -0.25) is 9.59 Å². The van der Waals surface area contributed by atoms with E-state index in [0.29, 0.717) is 40.2 Å². The van der Waals surface area contributed by atoms with Gasteiger partial charge in [0.15, 0.2) is 11.6 Å². The third-order valence-electron chi connectivity index (χ3n) is 3.52. The lowest BCUT2D eigenvalue weighted by atomic mass is 9.99. The van der Waals surface area contributed by atoms with Crippen LogP contribution >= 0.6 is 63.7 Å². The first-order valence-electron chi connectivity index (χ1n) is 6.61. The van der Waals surface area contributed by atoms with Gasteiger partial charge < -0.3 is 10.2 Å². The van der Waals surface area contributed by atoms with E-state index in [1.807, 2.05) is 0 Å². The van der Waals surface area contributed by atoms with E-state index < -0.39 is 0 Å². The Morgan fingerprint density at radius 2 is 0.875 bits per heavy atom. The van der Waals surface area contributed by atoms with E-state index in [1.165, 1.54) is 0 Å². The van der Waals surface area contributed by atoms with Crippen LogP contribution in [0.3, 0.4) is 0 Å². The molecule has 8 heteroatoms. The monoisotopic (exact) mass is 586 g/mol. The van der Waals surface area contributed by atoms with Crippen LogP contribution in [0.5, 0.6) is 11.5 Å². The van der Waals surface area contributed by atoms with E-state index in [-0.39, 0.29) is 23.1 Å². The van der Waals surface area contributed by atoms with Crippen molar-refractivity contribution in [2.24, 2.45) is 0 Å². The topological polar surface area (TPSA) is 74.6 Å². The van der Waals surface area contributed by atoms with Crippen molar-refractivity contribution in [3.8, 4) is 11.5 Å². The Bertz CT molecular complexity index is 640. The van der Waals surface area contributed by atoms with Gasteiger partial charge in [0.05, 0.1) is 17.9 Å². The highest BCUT2D eigenvalue weighted by Crippen LogP contribution is 2.42. The molecule has 0 amide bonds. The van der Waals surface area contributed by atoms with Crippen molar-refractivity contribution in [2.75, 3.05) is 0 Å². The number of carbonyl (C=O) groups excluding carboxylic acids is 2. The summed E-state index contributed by atoms with van der Waals surface area (Å²) >= 11 is 12.5. The molecule has 0 aliphatic heterocycles. The number of aromatic hydroxyl groups is 2. The molecule has 0 heterocycles. The van der Waals surface area contributed by atoms with Crippen LogP contribution < -0.4 is 0 Å². The summed E-state index contributed by atoms with van der Waals surface area (Å²) < 4.78 is 1.82. The second kappa shape index (κ2) is 8.29. The van der Waals surface area contributed by atoms with Gasteiger partial charge in [-0.25, -0.2) is 0 Å². The lowest BCUT2D eigenvalue weighted by molar-refractivity contribution is -0.115. The van der Waals surface area contributed by atoms with Crippen molar-refractivity contribution in [1.29, 1.82) is 0 Å². The molecule has 2 N–H and O–H groups in total. The SMILES string of the molecule is CC1=C(Br)C(=O)C(C)=C(Br)C1=O.Cc1c(O)c(Br)c(C)c(O)c1Br. The number of phenolic OH excluding ortho intramolecular Hbond substituents is 2. The standard InChI is InChI=1S/C8H8Br2O2.C8H6Br2O2/c2*1-3-5(9)8(12)4(2)6(10)7(3)11/h11-12H,1-2H3;1-2H3. The Kier molecular flexibility index (Phi) is 7.46. The van der Waals surface area contributed by atoms with Crippen molar-refractivity contribution < 1.29 is 19.8 Å². The molecule has 0 spiro atoms. The highest BCUT2D eigenvalue weighted by molar-refractivity contribution is 9.12. The number of benzene rings is 1. The number of hydrogen-bond donors (Lipinski definition) is 2. The number of halogens is 4. The second-order valence-electron chi connectivity index (χ2n) is 5.11. The van der Waals surface area contributed by atoms with E-state index in [4.69, 9.17) is 0 Å². The van der Waals surface area contributed by atoms with Crippen LogP contribution in [0.25, 0.3) is 0 Å². The molecule has 4 nitrogen and oxygen atoms in total. The molecule has 0 unspecified atom stereocenters. The summed E-state index contributed by atoms with van der Waals surface area (Å²) in [4.78, 5) is 22.7. The minimum Gasteiger partial charge on any atom is -0.506 e. The highest BCUT2D eigenvalue weighted by atomic mass is 79.9. The average molecular weight is 590 g/mol. The number of rotatable bonds is 0. The number of phenols is 2. The molecule has 0 saturated carbocycles. The molecule has 0 saturated heterocycles. The summed E-state index contributed by atoms with van der Waals surface area (Å²) in [5.41, 5.74) is 2.17. The summed E-state index contributed by atoms with van der Waals surface area (Å²) in [6, 6.07) is 0. The van der Waals surface area contributed by atoms with Crippen molar-refractivity contribution in [3.05, 3.63) is 40.2 Å². The molecule has 1 aromatic rings. The first-order valence-corrected chi connectivity index (χ1v) is 9.78. The number of carbonyl (C=O) groups is 2. The van der Waals surface area contributed by atoms with Crippen LogP contribution in [0.15, 0.2) is 29.1 Å². The van der Waals surface area contributed by atoms with Crippen molar-refractivity contribution in [3.63, 3.8) is 0 Å². The van der Waals surface area contributed by atoms with Gasteiger partial charge in [0.25, 0.3) is 0 Å². The van der Waals surface area contributed by atoms with Crippen molar-refractivity contribution in [2.45, 2.75) is 27.7 Å². The van der Waals surface area contributed by atoms with Crippen LogP contribution in [0.1, 0.15) is 25.0 Å². The molecule has 24 heavy (non-hydrogen) atoms. The maximum absolute atomic E-state index is 11.3. The molecule has 2 rings (SSSR count). The zero-order chi connectivity index (χ0) is 18.9. The normalized spacial score (nSPS) is 14.8. The van der Waals surface area contributed by atoms with Crippen LogP contribution in [-0.4, -0.2) is 21.8 Å². The van der Waals surface area contributed by atoms with E-state index in [1.54, 1.807) is 27.7 Å². The third-order valence-corrected chi connectivity index (χ3v) is 7.37. The first kappa shape index (κ1) is 21.6. The second-order valence-corrected chi connectivity index (χ2v) is 8.28. The Hall–Kier alpha value is -0.440. The third kappa shape index (κ3) is 4.03. The minimum atomic E-state index is -0.126. The average Bonchev–Trinajstić information content (AvgIpc) is 2.58. The van der Waals surface area contributed by atoms with Gasteiger partial charge in [0.2, 0.25) is 0 Å². The highest BCUT2D eigenvalue weighted by Gasteiger charge is 2.27. The number of allylic oxidation sites excluding steroid dienone is 4. The maximum atomic E-state index is 11.3. The van der Waals surface area contributed by atoms with Crippen molar-refractivity contribution >= 4 is 75.3 Å². The largest absolute Gasteiger partial charge is 0.506 e. The molecule has 0 radical (unpaired) electrons.